The van der Waals surface area contributed by atoms with Gasteiger partial charge in [-0.3, -0.25) is 23.6 Å². The quantitative estimate of drug-likeness (QED) is 0.290. The third-order valence-corrected chi connectivity index (χ3v) is 5.76. The highest BCUT2D eigenvalue weighted by Gasteiger charge is 2.12. The maximum Gasteiger partial charge on any atom is 0.274 e. The highest BCUT2D eigenvalue weighted by atomic mass is 16.2. The summed E-state index contributed by atoms with van der Waals surface area (Å²) in [5.74, 6) is -0.209. The smallest absolute Gasteiger partial charge is 0.274 e. The molecule has 12 heteroatoms. The van der Waals surface area contributed by atoms with Gasteiger partial charge in [-0.05, 0) is 43.2 Å². The number of pyridine rings is 1. The number of fused-ring (bicyclic) bond motifs is 1. The second-order valence-corrected chi connectivity index (χ2v) is 8.55. The van der Waals surface area contributed by atoms with Gasteiger partial charge in [-0.2, -0.15) is 5.10 Å². The Morgan fingerprint density at radius 2 is 1.79 bits per heavy atom. The van der Waals surface area contributed by atoms with Crippen molar-refractivity contribution >= 4 is 34.3 Å². The minimum Gasteiger partial charge on any atom is -0.353 e. The lowest BCUT2D eigenvalue weighted by Crippen LogP contribution is -2.36. The molecule has 0 unspecified atom stereocenters. The molecule has 0 bridgehead atoms. The molecule has 38 heavy (non-hydrogen) atoms. The van der Waals surface area contributed by atoms with Crippen molar-refractivity contribution in [2.24, 2.45) is 0 Å². The van der Waals surface area contributed by atoms with Crippen LogP contribution < -0.4 is 16.0 Å². The number of carbonyl (C=O) groups excluding carboxylic acids is 3. The molecule has 192 valence electrons. The lowest BCUT2D eigenvalue weighted by atomic mass is 10.1. The number of anilines is 1. The molecular weight excluding hydrogens is 486 g/mol. The van der Waals surface area contributed by atoms with Crippen LogP contribution in [0.15, 0.2) is 79.1 Å². The summed E-state index contributed by atoms with van der Waals surface area (Å²) in [7, 11) is 0. The van der Waals surface area contributed by atoms with E-state index in [4.69, 9.17) is 0 Å². The third-order valence-electron chi connectivity index (χ3n) is 5.76. The monoisotopic (exact) mass is 511 g/mol. The van der Waals surface area contributed by atoms with Crippen molar-refractivity contribution in [2.45, 2.75) is 19.4 Å². The number of rotatable bonds is 9. The van der Waals surface area contributed by atoms with Crippen LogP contribution in [0.5, 0.6) is 0 Å². The standard InChI is InChI=1S/C26H25N9O3/c36-24(27-11-12-28-25(37)18-5-2-1-3-6-18)15-35-14-19-13-20(9-10-21(19)33-35)31-26(38)22-7-4-8-23(32-22)34-16-29-30-17-34/h2,4-10,13-14,16-17H,1,3,11-12,15H2,(H,27,36)(H,28,37)(H,31,38). The first-order chi connectivity index (χ1) is 18.5. The van der Waals surface area contributed by atoms with E-state index in [0.29, 0.717) is 35.7 Å². The fraction of sp³-hybridized carbons (Fsp3) is 0.192. The van der Waals surface area contributed by atoms with Crippen molar-refractivity contribution in [2.75, 3.05) is 18.4 Å². The van der Waals surface area contributed by atoms with Crippen molar-refractivity contribution in [3.05, 3.63) is 84.7 Å². The van der Waals surface area contributed by atoms with Crippen LogP contribution in [0.4, 0.5) is 5.69 Å². The Kier molecular flexibility index (Phi) is 7.30. The zero-order valence-corrected chi connectivity index (χ0v) is 20.4. The van der Waals surface area contributed by atoms with Crippen LogP contribution >= 0.6 is 0 Å². The van der Waals surface area contributed by atoms with Crippen LogP contribution in [-0.4, -0.2) is 60.3 Å². The summed E-state index contributed by atoms with van der Waals surface area (Å²) < 4.78 is 3.14. The summed E-state index contributed by atoms with van der Waals surface area (Å²) >= 11 is 0. The van der Waals surface area contributed by atoms with Gasteiger partial charge in [-0.25, -0.2) is 4.98 Å². The molecule has 1 aliphatic rings. The number of allylic oxidation sites excluding steroid dienone is 2. The summed E-state index contributed by atoms with van der Waals surface area (Å²) in [5.41, 5.74) is 2.15. The molecule has 5 rings (SSSR count). The van der Waals surface area contributed by atoms with E-state index in [0.717, 1.165) is 18.2 Å². The van der Waals surface area contributed by atoms with E-state index in [-0.39, 0.29) is 30.0 Å². The number of nitrogens with zero attached hydrogens (tertiary/aromatic N) is 6. The molecular formula is C26H25N9O3. The topological polar surface area (TPSA) is 149 Å². The molecule has 0 saturated heterocycles. The fourth-order valence-electron chi connectivity index (χ4n) is 3.91. The number of benzene rings is 1. The van der Waals surface area contributed by atoms with E-state index in [2.05, 4.69) is 36.2 Å². The predicted octanol–water partition coefficient (Wildman–Crippen LogP) is 1.77. The van der Waals surface area contributed by atoms with Gasteiger partial charge in [-0.15, -0.1) is 10.2 Å². The SMILES string of the molecule is O=C(Cn1cc2cc(NC(=O)c3cccc(-n4cnnc4)n3)ccc2n1)NCCNC(=O)C1=CCCC=C1. The Hall–Kier alpha value is -5.13. The van der Waals surface area contributed by atoms with Gasteiger partial charge in [0.1, 0.15) is 30.7 Å². The van der Waals surface area contributed by atoms with Crippen molar-refractivity contribution in [1.82, 2.24) is 40.2 Å². The number of carbonyl (C=O) groups is 3. The summed E-state index contributed by atoms with van der Waals surface area (Å²) in [6.45, 7) is 0.667. The number of hydrogen-bond acceptors (Lipinski definition) is 7. The summed E-state index contributed by atoms with van der Waals surface area (Å²) in [6, 6.07) is 10.4. The third kappa shape index (κ3) is 5.98. The highest BCUT2D eigenvalue weighted by Crippen LogP contribution is 2.19. The molecule has 1 aromatic carbocycles. The van der Waals surface area contributed by atoms with Crippen molar-refractivity contribution in [1.29, 1.82) is 0 Å². The van der Waals surface area contributed by atoms with Crippen LogP contribution in [-0.2, 0) is 16.1 Å². The van der Waals surface area contributed by atoms with Crippen LogP contribution in [0.1, 0.15) is 23.3 Å². The normalized spacial score (nSPS) is 12.7. The van der Waals surface area contributed by atoms with Gasteiger partial charge in [0, 0.05) is 35.9 Å². The summed E-state index contributed by atoms with van der Waals surface area (Å²) in [5, 5.41) is 21.1. The average molecular weight is 512 g/mol. The van der Waals surface area contributed by atoms with E-state index < -0.39 is 0 Å². The molecule has 12 nitrogen and oxygen atoms in total. The predicted molar refractivity (Wildman–Crippen MR) is 139 cm³/mol. The fourth-order valence-corrected chi connectivity index (χ4v) is 3.91. The Labute approximate surface area is 217 Å². The molecule has 0 spiro atoms. The number of hydrogen-bond donors (Lipinski definition) is 3. The molecule has 0 fully saturated rings. The molecule has 3 N–H and O–H groups in total. The summed E-state index contributed by atoms with van der Waals surface area (Å²) in [6.07, 6.45) is 12.2. The van der Waals surface area contributed by atoms with E-state index in [1.807, 2.05) is 18.2 Å². The van der Waals surface area contributed by atoms with E-state index >= 15 is 0 Å². The summed E-state index contributed by atoms with van der Waals surface area (Å²) in [4.78, 5) is 41.5. The molecule has 1 aliphatic carbocycles. The van der Waals surface area contributed by atoms with Crippen LogP contribution in [0.25, 0.3) is 16.7 Å². The molecule has 3 heterocycles. The Balaban J connectivity index is 1.13. The maximum absolute atomic E-state index is 12.8. The van der Waals surface area contributed by atoms with Gasteiger partial charge in [0.2, 0.25) is 5.91 Å². The molecule has 3 amide bonds. The first-order valence-electron chi connectivity index (χ1n) is 12.1. The lowest BCUT2D eigenvalue weighted by molar-refractivity contribution is -0.122. The second-order valence-electron chi connectivity index (χ2n) is 8.55. The van der Waals surface area contributed by atoms with Crippen molar-refractivity contribution in [3.8, 4) is 5.82 Å². The molecule has 3 aromatic heterocycles. The number of aromatic nitrogens is 6. The first-order valence-corrected chi connectivity index (χ1v) is 12.1. The van der Waals surface area contributed by atoms with Gasteiger partial charge in [-0.1, -0.05) is 24.3 Å². The zero-order valence-electron chi connectivity index (χ0n) is 20.4. The second kappa shape index (κ2) is 11.3. The van der Waals surface area contributed by atoms with Gasteiger partial charge in [0.05, 0.1) is 5.52 Å². The van der Waals surface area contributed by atoms with E-state index in [1.165, 1.54) is 17.3 Å². The Morgan fingerprint density at radius 1 is 0.947 bits per heavy atom. The van der Waals surface area contributed by atoms with Crippen LogP contribution in [0.2, 0.25) is 0 Å². The first kappa shape index (κ1) is 24.6. The average Bonchev–Trinajstić information content (AvgIpc) is 3.61. The molecule has 0 radical (unpaired) electrons. The maximum atomic E-state index is 12.8. The van der Waals surface area contributed by atoms with Crippen molar-refractivity contribution in [3.63, 3.8) is 0 Å². The van der Waals surface area contributed by atoms with E-state index in [9.17, 15) is 14.4 Å². The minimum atomic E-state index is -0.367. The van der Waals surface area contributed by atoms with Crippen molar-refractivity contribution < 1.29 is 14.4 Å². The Bertz CT molecular complexity index is 1540. The highest BCUT2D eigenvalue weighted by molar-refractivity contribution is 6.04. The molecule has 0 saturated carbocycles. The Morgan fingerprint density at radius 3 is 2.61 bits per heavy atom. The lowest BCUT2D eigenvalue weighted by Gasteiger charge is -2.09. The van der Waals surface area contributed by atoms with Gasteiger partial charge in [0.15, 0.2) is 0 Å². The number of amides is 3. The molecule has 4 aromatic rings. The van der Waals surface area contributed by atoms with Gasteiger partial charge in [0.25, 0.3) is 11.8 Å². The van der Waals surface area contributed by atoms with E-state index in [1.54, 1.807) is 47.2 Å². The zero-order chi connectivity index (χ0) is 26.3. The largest absolute Gasteiger partial charge is 0.353 e. The minimum absolute atomic E-state index is 0.0258. The molecule has 0 aliphatic heterocycles. The van der Waals surface area contributed by atoms with Gasteiger partial charge >= 0.3 is 0 Å². The van der Waals surface area contributed by atoms with Crippen LogP contribution in [0.3, 0.4) is 0 Å². The molecule has 0 atom stereocenters. The van der Waals surface area contributed by atoms with Crippen LogP contribution in [0, 0.1) is 0 Å². The number of nitrogens with one attached hydrogen (secondary N) is 3. The van der Waals surface area contributed by atoms with Gasteiger partial charge < -0.3 is 16.0 Å².